The molecule has 0 bridgehead atoms. The molecule has 1 saturated carbocycles. The number of alkyl halides is 3. The van der Waals surface area contributed by atoms with Gasteiger partial charge in [0.1, 0.15) is 5.75 Å². The maximum atomic E-state index is 12.3. The van der Waals surface area contributed by atoms with E-state index >= 15 is 0 Å². The number of carbonyl (C=O) groups excluding carboxylic acids is 1. The molecule has 1 saturated heterocycles. The summed E-state index contributed by atoms with van der Waals surface area (Å²) < 4.78 is 40.7. The summed E-state index contributed by atoms with van der Waals surface area (Å²) in [6.45, 7) is 10.5. The lowest BCUT2D eigenvalue weighted by Crippen LogP contribution is -2.35. The second kappa shape index (κ2) is 6.76. The van der Waals surface area contributed by atoms with Crippen LogP contribution in [0.1, 0.15) is 31.1 Å². The molecule has 1 aromatic carbocycles. The summed E-state index contributed by atoms with van der Waals surface area (Å²) in [5.41, 5.74) is 0.455. The highest BCUT2D eigenvalue weighted by Gasteiger charge is 2.55. The molecular formula is C19H25F3N2O2. The van der Waals surface area contributed by atoms with Crippen LogP contribution >= 0.6 is 0 Å². The van der Waals surface area contributed by atoms with Gasteiger partial charge < -0.3 is 15.0 Å². The molecule has 1 aromatic rings. The number of rotatable bonds is 5. The SMILES string of the molecule is CC(C)(C)CN1CC2C(CNC(=O)c3cccc(OC(F)(F)F)c3)C2C1. The molecule has 1 amide bonds. The Morgan fingerprint density at radius 2 is 1.88 bits per heavy atom. The summed E-state index contributed by atoms with van der Waals surface area (Å²) in [7, 11) is 0. The molecule has 1 aliphatic carbocycles. The van der Waals surface area contributed by atoms with Gasteiger partial charge in [-0.25, -0.2) is 0 Å². The van der Waals surface area contributed by atoms with Crippen LogP contribution in [0.4, 0.5) is 13.2 Å². The molecule has 0 spiro atoms. The van der Waals surface area contributed by atoms with Crippen LogP contribution in [0.15, 0.2) is 24.3 Å². The van der Waals surface area contributed by atoms with Crippen molar-refractivity contribution in [2.45, 2.75) is 27.1 Å². The van der Waals surface area contributed by atoms with Crippen molar-refractivity contribution in [3.8, 4) is 5.75 Å². The number of carbonyl (C=O) groups is 1. The molecule has 7 heteroatoms. The lowest BCUT2D eigenvalue weighted by atomic mass is 9.96. The molecule has 0 radical (unpaired) electrons. The molecule has 26 heavy (non-hydrogen) atoms. The average molecular weight is 370 g/mol. The Labute approximate surface area is 151 Å². The number of ether oxygens (including phenoxy) is 1. The van der Waals surface area contributed by atoms with Crippen LogP contribution in [0.25, 0.3) is 0 Å². The van der Waals surface area contributed by atoms with E-state index in [4.69, 9.17) is 0 Å². The summed E-state index contributed by atoms with van der Waals surface area (Å²) in [5, 5.41) is 2.85. The zero-order chi connectivity index (χ0) is 19.1. The van der Waals surface area contributed by atoms with Crippen molar-refractivity contribution in [1.29, 1.82) is 0 Å². The van der Waals surface area contributed by atoms with Crippen molar-refractivity contribution >= 4 is 5.91 Å². The first-order valence-electron chi connectivity index (χ1n) is 8.88. The molecule has 2 aliphatic rings. The van der Waals surface area contributed by atoms with E-state index in [0.717, 1.165) is 25.7 Å². The number of piperidine rings is 1. The summed E-state index contributed by atoms with van der Waals surface area (Å²) >= 11 is 0. The van der Waals surface area contributed by atoms with Gasteiger partial charge in [0.25, 0.3) is 5.91 Å². The standard InChI is InChI=1S/C19H25F3N2O2/c1-18(2,3)11-24-9-15-14(16(15)10-24)8-23-17(25)12-5-4-6-13(7-12)26-19(20,21)22/h4-7,14-16H,8-11H2,1-3H3,(H,23,25). The minimum atomic E-state index is -4.76. The number of benzene rings is 1. The molecule has 4 nitrogen and oxygen atoms in total. The van der Waals surface area contributed by atoms with Gasteiger partial charge in [0.15, 0.2) is 0 Å². The molecule has 3 rings (SSSR count). The maximum absolute atomic E-state index is 12.3. The van der Waals surface area contributed by atoms with Crippen LogP contribution in [0.2, 0.25) is 0 Å². The first kappa shape index (κ1) is 19.0. The summed E-state index contributed by atoms with van der Waals surface area (Å²) in [4.78, 5) is 14.7. The summed E-state index contributed by atoms with van der Waals surface area (Å²) in [5.74, 6) is 0.972. The van der Waals surface area contributed by atoms with Gasteiger partial charge in [0.05, 0.1) is 0 Å². The molecular weight excluding hydrogens is 345 g/mol. The maximum Gasteiger partial charge on any atom is 0.573 e. The molecule has 2 atom stereocenters. The number of hydrogen-bond donors (Lipinski definition) is 1. The van der Waals surface area contributed by atoms with Gasteiger partial charge in [-0.1, -0.05) is 26.8 Å². The summed E-state index contributed by atoms with van der Waals surface area (Å²) in [6.07, 6.45) is -4.76. The summed E-state index contributed by atoms with van der Waals surface area (Å²) in [6, 6.07) is 5.16. The molecule has 0 aromatic heterocycles. The Hall–Kier alpha value is -1.76. The van der Waals surface area contributed by atoms with Crippen molar-refractivity contribution in [3.63, 3.8) is 0 Å². The van der Waals surface area contributed by atoms with Crippen molar-refractivity contribution in [2.24, 2.45) is 23.2 Å². The van der Waals surface area contributed by atoms with Gasteiger partial charge in [0.2, 0.25) is 0 Å². The largest absolute Gasteiger partial charge is 0.573 e. The molecule has 1 aliphatic heterocycles. The van der Waals surface area contributed by atoms with Gasteiger partial charge in [-0.2, -0.15) is 0 Å². The number of nitrogens with one attached hydrogen (secondary N) is 1. The number of nitrogens with zero attached hydrogens (tertiary/aromatic N) is 1. The lowest BCUT2D eigenvalue weighted by Gasteiger charge is -2.28. The number of fused-ring (bicyclic) bond motifs is 1. The Morgan fingerprint density at radius 1 is 1.23 bits per heavy atom. The molecule has 144 valence electrons. The first-order valence-corrected chi connectivity index (χ1v) is 8.88. The molecule has 2 unspecified atom stereocenters. The predicted molar refractivity (Wildman–Crippen MR) is 91.8 cm³/mol. The Kier molecular flexibility index (Phi) is 4.94. The van der Waals surface area contributed by atoms with Crippen molar-refractivity contribution < 1.29 is 22.7 Å². The highest BCUT2D eigenvalue weighted by Crippen LogP contribution is 2.51. The smallest absolute Gasteiger partial charge is 0.406 e. The zero-order valence-electron chi connectivity index (χ0n) is 15.3. The van der Waals surface area contributed by atoms with Crippen molar-refractivity contribution in [3.05, 3.63) is 29.8 Å². The normalized spacial score (nSPS) is 25.7. The third-order valence-electron chi connectivity index (χ3n) is 4.97. The van der Waals surface area contributed by atoms with E-state index in [1.807, 2.05) is 0 Å². The zero-order valence-corrected chi connectivity index (χ0v) is 15.3. The Morgan fingerprint density at radius 3 is 2.46 bits per heavy atom. The van der Waals surface area contributed by atoms with Gasteiger partial charge >= 0.3 is 6.36 Å². The Balaban J connectivity index is 1.46. The van der Waals surface area contributed by atoms with Crippen LogP contribution in [0, 0.1) is 23.2 Å². The van der Waals surface area contributed by atoms with Crippen molar-refractivity contribution in [1.82, 2.24) is 10.2 Å². The quantitative estimate of drug-likeness (QED) is 0.862. The second-order valence-electron chi connectivity index (χ2n) is 8.53. The second-order valence-corrected chi connectivity index (χ2v) is 8.53. The van der Waals surface area contributed by atoms with E-state index in [1.54, 1.807) is 0 Å². The van der Waals surface area contributed by atoms with Gasteiger partial charge in [-0.3, -0.25) is 4.79 Å². The van der Waals surface area contributed by atoms with Crippen LogP contribution in [0.5, 0.6) is 5.75 Å². The van der Waals surface area contributed by atoms with Crippen LogP contribution in [-0.2, 0) is 0 Å². The highest BCUT2D eigenvalue weighted by atomic mass is 19.4. The number of amides is 1. The highest BCUT2D eigenvalue weighted by molar-refractivity contribution is 5.94. The monoisotopic (exact) mass is 370 g/mol. The number of halogens is 3. The van der Waals surface area contributed by atoms with E-state index in [0.29, 0.717) is 24.3 Å². The number of likely N-dealkylation sites (tertiary alicyclic amines) is 1. The third-order valence-corrected chi connectivity index (χ3v) is 4.97. The molecule has 1 N–H and O–H groups in total. The van der Waals surface area contributed by atoms with Crippen LogP contribution < -0.4 is 10.1 Å². The van der Waals surface area contributed by atoms with E-state index in [2.05, 4.69) is 35.7 Å². The fraction of sp³-hybridized carbons (Fsp3) is 0.632. The minimum Gasteiger partial charge on any atom is -0.406 e. The lowest BCUT2D eigenvalue weighted by molar-refractivity contribution is -0.274. The van der Waals surface area contributed by atoms with E-state index < -0.39 is 6.36 Å². The number of hydrogen-bond acceptors (Lipinski definition) is 3. The van der Waals surface area contributed by atoms with Gasteiger partial charge in [0, 0.05) is 31.7 Å². The van der Waals surface area contributed by atoms with Gasteiger partial charge in [-0.05, 0) is 41.4 Å². The predicted octanol–water partition coefficient (Wildman–Crippen LogP) is 3.54. The molecule has 2 fully saturated rings. The van der Waals surface area contributed by atoms with E-state index in [-0.39, 0.29) is 22.6 Å². The first-order chi connectivity index (χ1) is 12.0. The fourth-order valence-corrected chi connectivity index (χ4v) is 3.99. The third kappa shape index (κ3) is 4.90. The van der Waals surface area contributed by atoms with Crippen LogP contribution in [0.3, 0.4) is 0 Å². The van der Waals surface area contributed by atoms with E-state index in [1.165, 1.54) is 18.2 Å². The van der Waals surface area contributed by atoms with Gasteiger partial charge in [-0.15, -0.1) is 13.2 Å². The fourth-order valence-electron chi connectivity index (χ4n) is 3.99. The molecule has 1 heterocycles. The topological polar surface area (TPSA) is 41.6 Å². The minimum absolute atomic E-state index is 0.173. The Bertz CT molecular complexity index is 657. The van der Waals surface area contributed by atoms with E-state index in [9.17, 15) is 18.0 Å². The van der Waals surface area contributed by atoms with Crippen LogP contribution in [-0.4, -0.2) is 43.3 Å². The van der Waals surface area contributed by atoms with Crippen molar-refractivity contribution in [2.75, 3.05) is 26.2 Å². The average Bonchev–Trinajstić information content (AvgIpc) is 2.94.